The number of likely N-dealkylation sites (tertiary alicyclic amines) is 1. The van der Waals surface area contributed by atoms with Crippen molar-refractivity contribution in [2.75, 3.05) is 25.0 Å². The summed E-state index contributed by atoms with van der Waals surface area (Å²) in [6, 6.07) is 6.14. The Morgan fingerprint density at radius 2 is 2.15 bits per heavy atom. The smallest absolute Gasteiger partial charge is 0.255 e. The summed E-state index contributed by atoms with van der Waals surface area (Å²) in [6.07, 6.45) is 3.36. The molecule has 0 aliphatic carbocycles. The average Bonchev–Trinajstić information content (AvgIpc) is 2.49. The van der Waals surface area contributed by atoms with Gasteiger partial charge in [-0.1, -0.05) is 26.0 Å². The fourth-order valence-electron chi connectivity index (χ4n) is 3.31. The Hall–Kier alpha value is -1.51. The zero-order valence-electron chi connectivity index (χ0n) is 12.5. The summed E-state index contributed by atoms with van der Waals surface area (Å²) in [6.45, 7) is 7.31. The standard InChI is InChI=1S/C17H24N2O/c1-12-8-10-19(11-13(12)2)17(20)15-7-3-5-14-6-4-9-18-16(14)15/h3,5,7,12-13,18H,4,6,8-11H2,1-2H3. The third-order valence-electron chi connectivity index (χ3n) is 4.93. The van der Waals surface area contributed by atoms with Crippen LogP contribution in [0.5, 0.6) is 0 Å². The SMILES string of the molecule is CC1CCN(C(=O)c2cccc3c2NCCC3)CC1C. The lowest BCUT2D eigenvalue weighted by molar-refractivity contribution is 0.0628. The molecule has 2 atom stereocenters. The monoisotopic (exact) mass is 272 g/mol. The molecule has 2 unspecified atom stereocenters. The molecule has 1 saturated heterocycles. The second-order valence-corrected chi connectivity index (χ2v) is 6.36. The van der Waals surface area contributed by atoms with Gasteiger partial charge in [0, 0.05) is 19.6 Å². The molecular weight excluding hydrogens is 248 g/mol. The third-order valence-corrected chi connectivity index (χ3v) is 4.93. The first kappa shape index (κ1) is 13.5. The van der Waals surface area contributed by atoms with Gasteiger partial charge in [0.2, 0.25) is 0 Å². The van der Waals surface area contributed by atoms with E-state index in [1.807, 2.05) is 17.0 Å². The van der Waals surface area contributed by atoms with Gasteiger partial charge in [0.25, 0.3) is 5.91 Å². The van der Waals surface area contributed by atoms with Gasteiger partial charge in [0.15, 0.2) is 0 Å². The molecule has 3 heteroatoms. The summed E-state index contributed by atoms with van der Waals surface area (Å²) in [5.41, 5.74) is 3.24. The van der Waals surface area contributed by atoms with Crippen LogP contribution in [0.1, 0.15) is 42.6 Å². The average molecular weight is 272 g/mol. The molecule has 0 spiro atoms. The van der Waals surface area contributed by atoms with Gasteiger partial charge in [-0.2, -0.15) is 0 Å². The molecule has 0 saturated carbocycles. The number of benzene rings is 1. The van der Waals surface area contributed by atoms with Crippen molar-refractivity contribution in [1.82, 2.24) is 4.90 Å². The van der Waals surface area contributed by atoms with E-state index in [4.69, 9.17) is 0 Å². The van der Waals surface area contributed by atoms with E-state index in [-0.39, 0.29) is 5.91 Å². The number of nitrogens with one attached hydrogen (secondary N) is 1. The molecule has 2 heterocycles. The summed E-state index contributed by atoms with van der Waals surface area (Å²) < 4.78 is 0. The van der Waals surface area contributed by atoms with Gasteiger partial charge in [-0.05, 0) is 42.7 Å². The van der Waals surface area contributed by atoms with E-state index in [0.717, 1.165) is 56.1 Å². The molecule has 3 rings (SSSR count). The lowest BCUT2D eigenvalue weighted by Gasteiger charge is -2.36. The number of aryl methyl sites for hydroxylation is 1. The molecule has 1 fully saturated rings. The molecule has 0 radical (unpaired) electrons. The van der Waals surface area contributed by atoms with Crippen LogP contribution in [0.15, 0.2) is 18.2 Å². The van der Waals surface area contributed by atoms with Gasteiger partial charge in [-0.3, -0.25) is 4.79 Å². The topological polar surface area (TPSA) is 32.3 Å². The zero-order valence-corrected chi connectivity index (χ0v) is 12.5. The maximum Gasteiger partial charge on any atom is 0.255 e. The largest absolute Gasteiger partial charge is 0.384 e. The molecule has 2 aliphatic rings. The van der Waals surface area contributed by atoms with Gasteiger partial charge >= 0.3 is 0 Å². The summed E-state index contributed by atoms with van der Waals surface area (Å²) in [4.78, 5) is 14.8. The van der Waals surface area contributed by atoms with Crippen LogP contribution in [0.2, 0.25) is 0 Å². The normalized spacial score (nSPS) is 25.8. The Morgan fingerprint density at radius 1 is 1.30 bits per heavy atom. The molecule has 0 aromatic heterocycles. The van der Waals surface area contributed by atoms with E-state index in [9.17, 15) is 4.79 Å². The first-order valence-corrected chi connectivity index (χ1v) is 7.82. The number of para-hydroxylation sites is 1. The number of rotatable bonds is 1. The van der Waals surface area contributed by atoms with E-state index in [2.05, 4.69) is 25.2 Å². The maximum absolute atomic E-state index is 12.8. The summed E-state index contributed by atoms with van der Waals surface area (Å²) in [5, 5.41) is 3.42. The highest BCUT2D eigenvalue weighted by Gasteiger charge is 2.28. The minimum absolute atomic E-state index is 0.204. The number of carbonyl (C=O) groups excluding carboxylic acids is 1. The van der Waals surface area contributed by atoms with Gasteiger partial charge in [-0.15, -0.1) is 0 Å². The van der Waals surface area contributed by atoms with E-state index in [1.165, 1.54) is 5.56 Å². The van der Waals surface area contributed by atoms with Crippen LogP contribution in [0.25, 0.3) is 0 Å². The van der Waals surface area contributed by atoms with E-state index in [0.29, 0.717) is 5.92 Å². The predicted octanol–water partition coefficient (Wildman–Crippen LogP) is 3.16. The molecule has 20 heavy (non-hydrogen) atoms. The summed E-state index contributed by atoms with van der Waals surface area (Å²) in [7, 11) is 0. The van der Waals surface area contributed by atoms with Crippen molar-refractivity contribution in [3.8, 4) is 0 Å². The molecular formula is C17H24N2O. The number of hydrogen-bond donors (Lipinski definition) is 1. The molecule has 1 amide bonds. The van der Waals surface area contributed by atoms with Gasteiger partial charge in [-0.25, -0.2) is 0 Å². The van der Waals surface area contributed by atoms with Crippen molar-refractivity contribution in [2.24, 2.45) is 11.8 Å². The number of hydrogen-bond acceptors (Lipinski definition) is 2. The quantitative estimate of drug-likeness (QED) is 0.851. The van der Waals surface area contributed by atoms with Gasteiger partial charge < -0.3 is 10.2 Å². The van der Waals surface area contributed by atoms with Crippen molar-refractivity contribution in [2.45, 2.75) is 33.1 Å². The first-order valence-electron chi connectivity index (χ1n) is 7.82. The van der Waals surface area contributed by atoms with Gasteiger partial charge in [0.05, 0.1) is 11.3 Å². The zero-order chi connectivity index (χ0) is 14.1. The van der Waals surface area contributed by atoms with Crippen molar-refractivity contribution in [3.05, 3.63) is 29.3 Å². The fraction of sp³-hybridized carbons (Fsp3) is 0.588. The lowest BCUT2D eigenvalue weighted by Crippen LogP contribution is -2.42. The Kier molecular flexibility index (Phi) is 3.68. The number of nitrogens with zero attached hydrogens (tertiary/aromatic N) is 1. The number of piperidine rings is 1. The minimum atomic E-state index is 0.204. The van der Waals surface area contributed by atoms with E-state index < -0.39 is 0 Å². The summed E-state index contributed by atoms with van der Waals surface area (Å²) >= 11 is 0. The Morgan fingerprint density at radius 3 is 2.95 bits per heavy atom. The minimum Gasteiger partial charge on any atom is -0.384 e. The number of amides is 1. The third kappa shape index (κ3) is 2.41. The fourth-order valence-corrected chi connectivity index (χ4v) is 3.31. The molecule has 1 N–H and O–H groups in total. The van der Waals surface area contributed by atoms with Crippen LogP contribution >= 0.6 is 0 Å². The second-order valence-electron chi connectivity index (χ2n) is 6.36. The molecule has 3 nitrogen and oxygen atoms in total. The van der Waals surface area contributed by atoms with Crippen LogP contribution in [0.3, 0.4) is 0 Å². The number of fused-ring (bicyclic) bond motifs is 1. The first-order chi connectivity index (χ1) is 9.66. The van der Waals surface area contributed by atoms with E-state index >= 15 is 0 Å². The van der Waals surface area contributed by atoms with Crippen molar-refractivity contribution in [3.63, 3.8) is 0 Å². The van der Waals surface area contributed by atoms with Gasteiger partial charge in [0.1, 0.15) is 0 Å². The van der Waals surface area contributed by atoms with Crippen LogP contribution < -0.4 is 5.32 Å². The molecule has 1 aromatic rings. The van der Waals surface area contributed by atoms with Crippen LogP contribution in [0, 0.1) is 11.8 Å². The highest BCUT2D eigenvalue weighted by molar-refractivity contribution is 6.00. The predicted molar refractivity (Wildman–Crippen MR) is 82.1 cm³/mol. The second kappa shape index (κ2) is 5.47. The van der Waals surface area contributed by atoms with E-state index in [1.54, 1.807) is 0 Å². The molecule has 0 bridgehead atoms. The molecule has 2 aliphatic heterocycles. The number of anilines is 1. The van der Waals surface area contributed by atoms with Crippen molar-refractivity contribution >= 4 is 11.6 Å². The highest BCUT2D eigenvalue weighted by Crippen LogP contribution is 2.29. The molecule has 1 aromatic carbocycles. The van der Waals surface area contributed by atoms with Crippen molar-refractivity contribution in [1.29, 1.82) is 0 Å². The van der Waals surface area contributed by atoms with Crippen LogP contribution in [-0.2, 0) is 6.42 Å². The van der Waals surface area contributed by atoms with Crippen LogP contribution in [0.4, 0.5) is 5.69 Å². The number of carbonyl (C=O) groups is 1. The van der Waals surface area contributed by atoms with Crippen molar-refractivity contribution < 1.29 is 4.79 Å². The Labute approximate surface area is 121 Å². The Balaban J connectivity index is 1.84. The lowest BCUT2D eigenvalue weighted by atomic mass is 9.88. The Bertz CT molecular complexity index is 512. The summed E-state index contributed by atoms with van der Waals surface area (Å²) in [5.74, 6) is 1.53. The maximum atomic E-state index is 12.8. The van der Waals surface area contributed by atoms with Crippen LogP contribution in [-0.4, -0.2) is 30.4 Å². The highest BCUT2D eigenvalue weighted by atomic mass is 16.2. The molecule has 108 valence electrons.